The molecule has 0 bridgehead atoms. The van der Waals surface area contributed by atoms with Crippen molar-refractivity contribution >= 4 is 17.9 Å². The maximum atomic E-state index is 10.6. The molecule has 0 aliphatic rings. The number of aromatic nitrogens is 3. The molecular formula is C29H32N6O4. The Hall–Kier alpha value is -4.86. The first kappa shape index (κ1) is 27.2. The Labute approximate surface area is 227 Å². The topological polar surface area (TPSA) is 131 Å². The molecule has 0 unspecified atom stereocenters. The van der Waals surface area contributed by atoms with Gasteiger partial charge in [0.2, 0.25) is 11.8 Å². The van der Waals surface area contributed by atoms with Crippen LogP contribution in [0.15, 0.2) is 73.1 Å². The molecule has 0 atom stereocenters. The molecule has 1 amide bonds. The summed E-state index contributed by atoms with van der Waals surface area (Å²) < 4.78 is 11.3. The van der Waals surface area contributed by atoms with E-state index in [2.05, 4.69) is 37.8 Å². The van der Waals surface area contributed by atoms with Crippen LogP contribution in [0, 0.1) is 0 Å². The summed E-state index contributed by atoms with van der Waals surface area (Å²) in [6.07, 6.45) is 4.08. The number of amides is 1. The highest BCUT2D eigenvalue weighted by Crippen LogP contribution is 2.24. The zero-order chi connectivity index (χ0) is 27.5. The summed E-state index contributed by atoms with van der Waals surface area (Å²) in [6, 6.07) is 19.2. The molecule has 10 nitrogen and oxygen atoms in total. The lowest BCUT2D eigenvalue weighted by Gasteiger charge is -2.13. The first-order valence-corrected chi connectivity index (χ1v) is 12.7. The smallest absolute Gasteiger partial charge is 0.404 e. The van der Waals surface area contributed by atoms with Gasteiger partial charge in [-0.1, -0.05) is 31.2 Å². The van der Waals surface area contributed by atoms with Gasteiger partial charge in [0.1, 0.15) is 17.3 Å². The molecule has 202 valence electrons. The third kappa shape index (κ3) is 8.60. The van der Waals surface area contributed by atoms with Crippen molar-refractivity contribution in [2.24, 2.45) is 0 Å². The lowest BCUT2D eigenvalue weighted by atomic mass is 10.1. The second-order valence-electron chi connectivity index (χ2n) is 8.75. The number of nitrogens with one attached hydrogen (secondary N) is 3. The number of hydrogen-bond acceptors (Lipinski definition) is 8. The molecule has 0 spiro atoms. The molecule has 2 aromatic heterocycles. The van der Waals surface area contributed by atoms with Crippen LogP contribution in [0.1, 0.15) is 29.2 Å². The molecule has 0 saturated carbocycles. The van der Waals surface area contributed by atoms with Crippen LogP contribution in [0.25, 0.3) is 0 Å². The molecule has 2 heterocycles. The zero-order valence-corrected chi connectivity index (χ0v) is 22.0. The normalized spacial score (nSPS) is 10.5. The van der Waals surface area contributed by atoms with E-state index in [0.29, 0.717) is 49.5 Å². The highest BCUT2D eigenvalue weighted by atomic mass is 16.5. The molecule has 4 N–H and O–H groups in total. The summed E-state index contributed by atoms with van der Waals surface area (Å²) in [4.78, 5) is 24.1. The standard InChI is InChI=1S/C29H32N6O4/c1-3-20-16-32-28(33-17-20)34-19-23-14-26(31-18-22-6-8-24(38-2)9-7-22)35-27(15-23)39-25-10-4-21(5-11-25)12-13-30-29(36)37/h4-11,14-17,30H,3,12-13,18-19H2,1-2H3,(H,31,35)(H,36,37)(H,32,33,34). The van der Waals surface area contributed by atoms with Gasteiger partial charge in [-0.3, -0.25) is 0 Å². The van der Waals surface area contributed by atoms with E-state index in [-0.39, 0.29) is 0 Å². The van der Waals surface area contributed by atoms with Crippen LogP contribution in [-0.4, -0.2) is 39.8 Å². The predicted octanol–water partition coefficient (Wildman–Crippen LogP) is 5.27. The second kappa shape index (κ2) is 13.6. The Bertz CT molecular complexity index is 1280. The Morgan fingerprint density at radius 3 is 2.18 bits per heavy atom. The van der Waals surface area contributed by atoms with Crippen molar-refractivity contribution in [1.29, 1.82) is 0 Å². The van der Waals surface area contributed by atoms with Crippen molar-refractivity contribution in [3.05, 3.63) is 95.3 Å². The molecule has 4 aromatic rings. The second-order valence-corrected chi connectivity index (χ2v) is 8.75. The molecule has 10 heteroatoms. The summed E-state index contributed by atoms with van der Waals surface area (Å²) in [5, 5.41) is 17.7. The molecular weight excluding hydrogens is 496 g/mol. The number of rotatable bonds is 13. The van der Waals surface area contributed by atoms with Crippen molar-refractivity contribution in [1.82, 2.24) is 20.3 Å². The Kier molecular flexibility index (Phi) is 9.49. The molecule has 0 radical (unpaired) electrons. The predicted molar refractivity (Wildman–Crippen MR) is 150 cm³/mol. The fourth-order valence-corrected chi connectivity index (χ4v) is 3.71. The molecule has 2 aromatic carbocycles. The highest BCUT2D eigenvalue weighted by molar-refractivity contribution is 5.64. The van der Waals surface area contributed by atoms with E-state index < -0.39 is 6.09 Å². The zero-order valence-electron chi connectivity index (χ0n) is 22.0. The minimum absolute atomic E-state index is 0.347. The van der Waals surface area contributed by atoms with Crippen molar-refractivity contribution in [2.45, 2.75) is 32.9 Å². The largest absolute Gasteiger partial charge is 0.497 e. The summed E-state index contributed by atoms with van der Waals surface area (Å²) in [5.74, 6) is 3.08. The number of aryl methyl sites for hydroxylation is 1. The number of ether oxygens (including phenoxy) is 2. The van der Waals surface area contributed by atoms with Crippen LogP contribution < -0.4 is 25.4 Å². The van der Waals surface area contributed by atoms with Crippen LogP contribution in [-0.2, 0) is 25.9 Å². The van der Waals surface area contributed by atoms with Gasteiger partial charge in [-0.15, -0.1) is 0 Å². The van der Waals surface area contributed by atoms with Crippen LogP contribution in [0.4, 0.5) is 16.6 Å². The van der Waals surface area contributed by atoms with Crippen molar-refractivity contribution in [2.75, 3.05) is 24.3 Å². The van der Waals surface area contributed by atoms with Gasteiger partial charge in [-0.05, 0) is 65.4 Å². The summed E-state index contributed by atoms with van der Waals surface area (Å²) >= 11 is 0. The maximum absolute atomic E-state index is 10.6. The average molecular weight is 529 g/mol. The van der Waals surface area contributed by atoms with Gasteiger partial charge in [0.05, 0.1) is 7.11 Å². The Morgan fingerprint density at radius 1 is 0.846 bits per heavy atom. The number of pyridine rings is 1. The average Bonchev–Trinajstić information content (AvgIpc) is 2.96. The van der Waals surface area contributed by atoms with Gasteiger partial charge < -0.3 is 30.5 Å². The lowest BCUT2D eigenvalue weighted by Crippen LogP contribution is -2.23. The highest BCUT2D eigenvalue weighted by Gasteiger charge is 2.08. The maximum Gasteiger partial charge on any atom is 0.404 e. The van der Waals surface area contributed by atoms with Gasteiger partial charge in [0.25, 0.3) is 0 Å². The minimum Gasteiger partial charge on any atom is -0.497 e. The summed E-state index contributed by atoms with van der Waals surface area (Å²) in [6.45, 7) is 3.47. The van der Waals surface area contributed by atoms with E-state index in [1.807, 2.05) is 73.1 Å². The number of nitrogens with zero attached hydrogens (tertiary/aromatic N) is 3. The van der Waals surface area contributed by atoms with Gasteiger partial charge in [0.15, 0.2) is 0 Å². The van der Waals surface area contributed by atoms with Gasteiger partial charge in [-0.25, -0.2) is 14.8 Å². The van der Waals surface area contributed by atoms with E-state index in [4.69, 9.17) is 14.6 Å². The van der Waals surface area contributed by atoms with Crippen LogP contribution in [0.5, 0.6) is 17.4 Å². The number of carboxylic acid groups (broad SMARTS) is 1. The number of methoxy groups -OCH3 is 1. The van der Waals surface area contributed by atoms with E-state index >= 15 is 0 Å². The van der Waals surface area contributed by atoms with Crippen LogP contribution in [0.3, 0.4) is 0 Å². The Morgan fingerprint density at radius 2 is 1.51 bits per heavy atom. The van der Waals surface area contributed by atoms with E-state index in [1.54, 1.807) is 7.11 Å². The third-order valence-electron chi connectivity index (χ3n) is 5.89. The first-order valence-electron chi connectivity index (χ1n) is 12.7. The molecule has 0 aliphatic carbocycles. The fraction of sp³-hybridized carbons (Fsp3) is 0.241. The van der Waals surface area contributed by atoms with Crippen molar-refractivity contribution < 1.29 is 19.4 Å². The number of benzene rings is 2. The van der Waals surface area contributed by atoms with E-state index in [9.17, 15) is 4.79 Å². The number of anilines is 2. The van der Waals surface area contributed by atoms with Crippen molar-refractivity contribution in [3.8, 4) is 17.4 Å². The first-order chi connectivity index (χ1) is 19.0. The van der Waals surface area contributed by atoms with Crippen LogP contribution in [0.2, 0.25) is 0 Å². The molecule has 39 heavy (non-hydrogen) atoms. The SMILES string of the molecule is CCc1cnc(NCc2cc(NCc3ccc(OC)cc3)nc(Oc3ccc(CCNC(=O)O)cc3)c2)nc1. The quantitative estimate of drug-likeness (QED) is 0.183. The molecule has 0 saturated heterocycles. The molecule has 0 aliphatic heterocycles. The van der Waals surface area contributed by atoms with Gasteiger partial charge in [-0.2, -0.15) is 4.98 Å². The monoisotopic (exact) mass is 528 g/mol. The Balaban J connectivity index is 1.47. The van der Waals surface area contributed by atoms with Crippen LogP contribution >= 0.6 is 0 Å². The van der Waals surface area contributed by atoms with Crippen molar-refractivity contribution in [3.63, 3.8) is 0 Å². The molecule has 4 rings (SSSR count). The summed E-state index contributed by atoms with van der Waals surface area (Å²) in [5.41, 5.74) is 4.10. The third-order valence-corrected chi connectivity index (χ3v) is 5.89. The fourth-order valence-electron chi connectivity index (χ4n) is 3.71. The summed E-state index contributed by atoms with van der Waals surface area (Å²) in [7, 11) is 1.64. The number of hydrogen-bond donors (Lipinski definition) is 4. The number of carbonyl (C=O) groups is 1. The van der Waals surface area contributed by atoms with E-state index in [1.165, 1.54) is 0 Å². The van der Waals surface area contributed by atoms with Gasteiger partial charge in [0, 0.05) is 38.1 Å². The van der Waals surface area contributed by atoms with Gasteiger partial charge >= 0.3 is 6.09 Å². The van der Waals surface area contributed by atoms with E-state index in [0.717, 1.165) is 34.4 Å². The lowest BCUT2D eigenvalue weighted by molar-refractivity contribution is 0.194. The minimum atomic E-state index is -1.03. The molecule has 0 fully saturated rings.